The Kier molecular flexibility index (Phi) is 5.71. The van der Waals surface area contributed by atoms with Crippen molar-refractivity contribution in [3.8, 4) is 10.6 Å². The first kappa shape index (κ1) is 15.5. The van der Waals surface area contributed by atoms with Crippen LogP contribution in [0, 0.1) is 0 Å². The van der Waals surface area contributed by atoms with Gasteiger partial charge in [-0.15, -0.1) is 11.3 Å². The van der Waals surface area contributed by atoms with Crippen molar-refractivity contribution in [2.45, 2.75) is 25.8 Å². The third-order valence-electron chi connectivity index (χ3n) is 3.13. The van der Waals surface area contributed by atoms with E-state index < -0.39 is 0 Å². The Labute approximate surface area is 128 Å². The quantitative estimate of drug-likeness (QED) is 0.767. The van der Waals surface area contributed by atoms with Crippen molar-refractivity contribution in [3.05, 3.63) is 35.8 Å². The zero-order chi connectivity index (χ0) is 15.1. The van der Waals surface area contributed by atoms with Crippen LogP contribution in [-0.4, -0.2) is 28.8 Å². The molecule has 2 amide bonds. The van der Waals surface area contributed by atoms with E-state index >= 15 is 0 Å². The van der Waals surface area contributed by atoms with Gasteiger partial charge in [-0.05, 0) is 37.1 Å². The highest BCUT2D eigenvalue weighted by Crippen LogP contribution is 2.23. The standard InChI is InChI=1S/C15H19N3O2S/c1-2-12(7-9-19)17-15(20)18-13-5-3-11(4-6-13)14-16-8-10-21-14/h3-6,8,10,12,19H,2,7,9H2,1H3,(H2,17,18,20). The maximum Gasteiger partial charge on any atom is 0.319 e. The molecular weight excluding hydrogens is 286 g/mol. The van der Waals surface area contributed by atoms with Gasteiger partial charge >= 0.3 is 6.03 Å². The van der Waals surface area contributed by atoms with Crippen LogP contribution in [0.2, 0.25) is 0 Å². The lowest BCUT2D eigenvalue weighted by molar-refractivity contribution is 0.237. The zero-order valence-electron chi connectivity index (χ0n) is 11.9. The molecule has 0 aliphatic carbocycles. The number of carbonyl (C=O) groups is 1. The van der Waals surface area contributed by atoms with E-state index in [1.165, 1.54) is 0 Å². The zero-order valence-corrected chi connectivity index (χ0v) is 12.7. The molecule has 0 aliphatic rings. The predicted molar refractivity (Wildman–Crippen MR) is 85.5 cm³/mol. The minimum atomic E-state index is -0.253. The van der Waals surface area contributed by atoms with Gasteiger partial charge in [-0.3, -0.25) is 0 Å². The molecule has 5 nitrogen and oxygen atoms in total. The van der Waals surface area contributed by atoms with E-state index in [0.29, 0.717) is 6.42 Å². The number of carbonyl (C=O) groups excluding carboxylic acids is 1. The van der Waals surface area contributed by atoms with Gasteiger partial charge in [0.2, 0.25) is 0 Å². The van der Waals surface area contributed by atoms with Gasteiger partial charge in [0.05, 0.1) is 0 Å². The van der Waals surface area contributed by atoms with E-state index in [2.05, 4.69) is 15.6 Å². The molecule has 2 rings (SSSR count). The summed E-state index contributed by atoms with van der Waals surface area (Å²) >= 11 is 1.58. The summed E-state index contributed by atoms with van der Waals surface area (Å²) in [6, 6.07) is 7.30. The van der Waals surface area contributed by atoms with Gasteiger partial charge in [0, 0.05) is 35.5 Å². The molecule has 112 valence electrons. The fourth-order valence-corrected chi connectivity index (χ4v) is 2.59. The fourth-order valence-electron chi connectivity index (χ4n) is 1.95. The molecular formula is C15H19N3O2S. The Bertz CT molecular complexity index is 555. The number of nitrogens with one attached hydrogen (secondary N) is 2. The Balaban J connectivity index is 1.92. The molecule has 0 saturated carbocycles. The van der Waals surface area contributed by atoms with Crippen LogP contribution in [0.1, 0.15) is 19.8 Å². The van der Waals surface area contributed by atoms with Gasteiger partial charge in [-0.1, -0.05) is 6.92 Å². The maximum atomic E-state index is 11.9. The average Bonchev–Trinajstić information content (AvgIpc) is 3.01. The van der Waals surface area contributed by atoms with Crippen LogP contribution in [0.4, 0.5) is 10.5 Å². The number of nitrogens with zero attached hydrogens (tertiary/aromatic N) is 1. The van der Waals surface area contributed by atoms with Crippen LogP contribution in [-0.2, 0) is 0 Å². The molecule has 21 heavy (non-hydrogen) atoms. The second kappa shape index (κ2) is 7.75. The lowest BCUT2D eigenvalue weighted by atomic mass is 10.1. The molecule has 3 N–H and O–H groups in total. The lowest BCUT2D eigenvalue weighted by Gasteiger charge is -2.16. The van der Waals surface area contributed by atoms with Crippen molar-refractivity contribution in [2.24, 2.45) is 0 Å². The second-order valence-corrected chi connectivity index (χ2v) is 5.53. The summed E-state index contributed by atoms with van der Waals surface area (Å²) < 4.78 is 0. The number of anilines is 1. The molecule has 0 saturated heterocycles. The summed E-state index contributed by atoms with van der Waals surface area (Å²) in [6.07, 6.45) is 3.12. The Morgan fingerprint density at radius 2 is 2.14 bits per heavy atom. The van der Waals surface area contributed by atoms with Crippen molar-refractivity contribution in [1.82, 2.24) is 10.3 Å². The van der Waals surface area contributed by atoms with Gasteiger partial charge in [-0.25, -0.2) is 9.78 Å². The van der Waals surface area contributed by atoms with E-state index in [1.807, 2.05) is 36.6 Å². The van der Waals surface area contributed by atoms with E-state index in [1.54, 1.807) is 17.5 Å². The normalized spacial score (nSPS) is 11.9. The number of benzene rings is 1. The van der Waals surface area contributed by atoms with Crippen LogP contribution < -0.4 is 10.6 Å². The Morgan fingerprint density at radius 3 is 2.71 bits per heavy atom. The minimum absolute atomic E-state index is 0.00964. The molecule has 6 heteroatoms. The van der Waals surface area contributed by atoms with Crippen molar-refractivity contribution in [2.75, 3.05) is 11.9 Å². The number of hydrogen-bond donors (Lipinski definition) is 3. The van der Waals surface area contributed by atoms with E-state index in [0.717, 1.165) is 22.7 Å². The summed E-state index contributed by atoms with van der Waals surface area (Å²) in [7, 11) is 0. The third-order valence-corrected chi connectivity index (χ3v) is 3.95. The first-order chi connectivity index (χ1) is 10.2. The highest BCUT2D eigenvalue weighted by molar-refractivity contribution is 7.13. The number of hydrogen-bond acceptors (Lipinski definition) is 4. The highest BCUT2D eigenvalue weighted by atomic mass is 32.1. The number of rotatable bonds is 6. The topological polar surface area (TPSA) is 74.2 Å². The summed E-state index contributed by atoms with van der Waals surface area (Å²) in [5.74, 6) is 0. The molecule has 2 aromatic rings. The lowest BCUT2D eigenvalue weighted by Crippen LogP contribution is -2.38. The van der Waals surface area contributed by atoms with E-state index in [9.17, 15) is 4.79 Å². The number of urea groups is 1. The largest absolute Gasteiger partial charge is 0.396 e. The maximum absolute atomic E-state index is 11.9. The Hall–Kier alpha value is -1.92. The Morgan fingerprint density at radius 1 is 1.38 bits per heavy atom. The molecule has 0 fully saturated rings. The van der Waals surface area contributed by atoms with Crippen LogP contribution in [0.15, 0.2) is 35.8 Å². The molecule has 1 unspecified atom stereocenters. The van der Waals surface area contributed by atoms with Crippen LogP contribution in [0.5, 0.6) is 0 Å². The van der Waals surface area contributed by atoms with Gasteiger partial charge in [-0.2, -0.15) is 0 Å². The smallest absolute Gasteiger partial charge is 0.319 e. The predicted octanol–water partition coefficient (Wildman–Crippen LogP) is 3.09. The minimum Gasteiger partial charge on any atom is -0.396 e. The van der Waals surface area contributed by atoms with Crippen molar-refractivity contribution < 1.29 is 9.90 Å². The molecule has 0 aliphatic heterocycles. The van der Waals surface area contributed by atoms with Crippen LogP contribution in [0.25, 0.3) is 10.6 Å². The number of aliphatic hydroxyl groups is 1. The fraction of sp³-hybridized carbons (Fsp3) is 0.333. The van der Waals surface area contributed by atoms with Crippen molar-refractivity contribution >= 4 is 23.1 Å². The average molecular weight is 305 g/mol. The van der Waals surface area contributed by atoms with Gasteiger partial charge in [0.25, 0.3) is 0 Å². The molecule has 1 aromatic heterocycles. The number of thiazole rings is 1. The molecule has 1 heterocycles. The number of aromatic nitrogens is 1. The van der Waals surface area contributed by atoms with Gasteiger partial charge in [0.15, 0.2) is 0 Å². The van der Waals surface area contributed by atoms with E-state index in [4.69, 9.17) is 5.11 Å². The summed E-state index contributed by atoms with van der Waals surface area (Å²) in [5, 5.41) is 17.4. The molecule has 0 spiro atoms. The number of aliphatic hydroxyl groups excluding tert-OH is 1. The summed E-state index contributed by atoms with van der Waals surface area (Å²) in [5.41, 5.74) is 1.76. The van der Waals surface area contributed by atoms with Crippen LogP contribution in [0.3, 0.4) is 0 Å². The van der Waals surface area contributed by atoms with Crippen molar-refractivity contribution in [3.63, 3.8) is 0 Å². The molecule has 0 radical (unpaired) electrons. The highest BCUT2D eigenvalue weighted by Gasteiger charge is 2.09. The first-order valence-corrected chi connectivity index (χ1v) is 7.79. The SMILES string of the molecule is CCC(CCO)NC(=O)Nc1ccc(-c2nccs2)cc1. The molecule has 0 bridgehead atoms. The van der Waals surface area contributed by atoms with Crippen molar-refractivity contribution in [1.29, 1.82) is 0 Å². The third kappa shape index (κ3) is 4.54. The first-order valence-electron chi connectivity index (χ1n) is 6.91. The summed E-state index contributed by atoms with van der Waals surface area (Å²) in [4.78, 5) is 16.1. The van der Waals surface area contributed by atoms with E-state index in [-0.39, 0.29) is 18.7 Å². The number of amides is 2. The van der Waals surface area contributed by atoms with Gasteiger partial charge < -0.3 is 15.7 Å². The molecule has 1 aromatic carbocycles. The van der Waals surface area contributed by atoms with Crippen LogP contribution >= 0.6 is 11.3 Å². The molecule has 1 atom stereocenters. The summed E-state index contributed by atoms with van der Waals surface area (Å²) in [6.45, 7) is 2.05. The second-order valence-electron chi connectivity index (χ2n) is 4.63. The van der Waals surface area contributed by atoms with Gasteiger partial charge in [0.1, 0.15) is 5.01 Å². The monoisotopic (exact) mass is 305 g/mol.